The van der Waals surface area contributed by atoms with Crippen LogP contribution in [0.3, 0.4) is 0 Å². The molecule has 4 rings (SSSR count). The second kappa shape index (κ2) is 7.14. The minimum absolute atomic E-state index is 0.0444. The van der Waals surface area contributed by atoms with Gasteiger partial charge in [-0.05, 0) is 49.2 Å². The topological polar surface area (TPSA) is 70.2 Å². The number of thiophene rings is 1. The van der Waals surface area contributed by atoms with Crippen LogP contribution in [0.25, 0.3) is 0 Å². The molecule has 0 aliphatic carbocycles. The Bertz CT molecular complexity index is 960. The van der Waals surface area contributed by atoms with Crippen molar-refractivity contribution in [2.45, 2.75) is 16.9 Å². The summed E-state index contributed by atoms with van der Waals surface area (Å²) in [6, 6.07) is 8.39. The molecule has 1 amide bonds. The fourth-order valence-electron chi connectivity index (χ4n) is 3.97. The number of likely N-dealkylation sites (N-methyl/N-ethyl adjacent to an activating group) is 1. The monoisotopic (exact) mass is 421 g/mol. The molecule has 1 aromatic heterocycles. The van der Waals surface area contributed by atoms with Gasteiger partial charge in [-0.3, -0.25) is 9.69 Å². The van der Waals surface area contributed by atoms with Crippen molar-refractivity contribution in [3.05, 3.63) is 41.1 Å². The molecule has 7 nitrogen and oxygen atoms in total. The van der Waals surface area contributed by atoms with E-state index in [0.717, 1.165) is 5.69 Å². The molecule has 1 unspecified atom stereocenters. The molecule has 150 valence electrons. The maximum Gasteiger partial charge on any atom is 0.243 e. The Morgan fingerprint density at radius 1 is 1.14 bits per heavy atom. The number of ether oxygens (including phenoxy) is 1. The number of amides is 1. The quantitative estimate of drug-likeness (QED) is 0.754. The van der Waals surface area contributed by atoms with E-state index in [1.165, 1.54) is 4.31 Å². The van der Waals surface area contributed by atoms with Gasteiger partial charge in [-0.25, -0.2) is 8.42 Å². The minimum Gasteiger partial charge on any atom is -0.497 e. The van der Waals surface area contributed by atoms with Gasteiger partial charge in [0.25, 0.3) is 0 Å². The smallest absolute Gasteiger partial charge is 0.243 e. The Kier molecular flexibility index (Phi) is 4.95. The zero-order chi connectivity index (χ0) is 19.9. The van der Waals surface area contributed by atoms with Gasteiger partial charge in [0, 0.05) is 25.0 Å². The molecule has 28 heavy (non-hydrogen) atoms. The lowest BCUT2D eigenvalue weighted by molar-refractivity contribution is -0.123. The zero-order valence-corrected chi connectivity index (χ0v) is 17.5. The summed E-state index contributed by atoms with van der Waals surface area (Å²) in [5.41, 5.74) is 0.508. The molecule has 2 fully saturated rings. The van der Waals surface area contributed by atoms with E-state index in [9.17, 15) is 13.2 Å². The molecule has 9 heteroatoms. The SMILES string of the molecule is COc1ccc(S(=O)(=O)N2CCC3(CN(c4ccsc4)C(=O)CN3C)C2)cc1. The number of carbonyl (C=O) groups is 1. The Morgan fingerprint density at radius 3 is 2.54 bits per heavy atom. The summed E-state index contributed by atoms with van der Waals surface area (Å²) in [5.74, 6) is 0.664. The average Bonchev–Trinajstić information content (AvgIpc) is 3.36. The third kappa shape index (κ3) is 3.22. The average molecular weight is 422 g/mol. The van der Waals surface area contributed by atoms with Crippen molar-refractivity contribution >= 4 is 33.0 Å². The number of nitrogens with zero attached hydrogens (tertiary/aromatic N) is 3. The first-order valence-electron chi connectivity index (χ1n) is 9.04. The van der Waals surface area contributed by atoms with Crippen LogP contribution in [-0.2, 0) is 14.8 Å². The van der Waals surface area contributed by atoms with Crippen LogP contribution in [-0.4, -0.2) is 69.4 Å². The van der Waals surface area contributed by atoms with E-state index in [1.807, 2.05) is 28.8 Å². The molecule has 1 spiro atoms. The number of hydrogen-bond donors (Lipinski definition) is 0. The van der Waals surface area contributed by atoms with Crippen LogP contribution in [0.1, 0.15) is 6.42 Å². The highest BCUT2D eigenvalue weighted by atomic mass is 32.2. The maximum atomic E-state index is 13.1. The largest absolute Gasteiger partial charge is 0.497 e. The van der Waals surface area contributed by atoms with E-state index in [0.29, 0.717) is 31.8 Å². The number of hydrogen-bond acceptors (Lipinski definition) is 6. The van der Waals surface area contributed by atoms with Crippen LogP contribution >= 0.6 is 11.3 Å². The Morgan fingerprint density at radius 2 is 1.89 bits per heavy atom. The summed E-state index contributed by atoms with van der Waals surface area (Å²) in [6.07, 6.45) is 0.687. The van der Waals surface area contributed by atoms with Crippen molar-refractivity contribution in [1.29, 1.82) is 0 Å². The lowest BCUT2D eigenvalue weighted by atomic mass is 9.93. The molecule has 1 atom stereocenters. The summed E-state index contributed by atoms with van der Waals surface area (Å²) in [7, 11) is -0.140. The molecule has 2 aliphatic heterocycles. The number of rotatable bonds is 4. The number of methoxy groups -OCH3 is 1. The van der Waals surface area contributed by atoms with Crippen LogP contribution in [0, 0.1) is 0 Å². The van der Waals surface area contributed by atoms with E-state index in [4.69, 9.17) is 4.74 Å². The molecular formula is C19H23N3O4S2. The number of piperazine rings is 1. The standard InChI is InChI=1S/C19H23N3O4S2/c1-20-11-18(23)22(15-7-10-27-12-15)14-19(20)8-9-21(13-19)28(24,25)17-5-3-16(26-2)4-6-17/h3-7,10,12H,8-9,11,13-14H2,1-2H3. The molecule has 0 radical (unpaired) electrons. The highest BCUT2D eigenvalue weighted by Crippen LogP contribution is 2.36. The molecule has 0 bridgehead atoms. The Hall–Kier alpha value is -1.94. The van der Waals surface area contributed by atoms with Gasteiger partial charge >= 0.3 is 0 Å². The van der Waals surface area contributed by atoms with E-state index >= 15 is 0 Å². The maximum absolute atomic E-state index is 13.1. The summed E-state index contributed by atoms with van der Waals surface area (Å²) >= 11 is 1.55. The van der Waals surface area contributed by atoms with E-state index in [2.05, 4.69) is 0 Å². The van der Waals surface area contributed by atoms with Crippen molar-refractivity contribution < 1.29 is 17.9 Å². The van der Waals surface area contributed by atoms with Gasteiger partial charge in [-0.1, -0.05) is 0 Å². The van der Waals surface area contributed by atoms with Crippen molar-refractivity contribution in [3.8, 4) is 5.75 Å². The Balaban J connectivity index is 1.58. The number of anilines is 1. The van der Waals surface area contributed by atoms with Gasteiger partial charge in [0.2, 0.25) is 15.9 Å². The summed E-state index contributed by atoms with van der Waals surface area (Å²) in [4.78, 5) is 16.6. The van der Waals surface area contributed by atoms with Gasteiger partial charge in [-0.15, -0.1) is 0 Å². The van der Waals surface area contributed by atoms with Crippen molar-refractivity contribution in [3.63, 3.8) is 0 Å². The minimum atomic E-state index is -3.60. The zero-order valence-electron chi connectivity index (χ0n) is 15.9. The Labute approximate surface area is 169 Å². The van der Waals surface area contributed by atoms with Crippen LogP contribution < -0.4 is 9.64 Å². The normalized spacial score (nSPS) is 24.2. The third-order valence-electron chi connectivity index (χ3n) is 5.75. The van der Waals surface area contributed by atoms with Gasteiger partial charge in [0.1, 0.15) is 5.75 Å². The van der Waals surface area contributed by atoms with Crippen LogP contribution in [0.4, 0.5) is 5.69 Å². The molecule has 2 saturated heterocycles. The molecule has 3 heterocycles. The molecule has 0 N–H and O–H groups in total. The molecule has 2 aliphatic rings. The molecule has 0 saturated carbocycles. The van der Waals surface area contributed by atoms with Crippen LogP contribution in [0.15, 0.2) is 46.0 Å². The predicted octanol–water partition coefficient (Wildman–Crippen LogP) is 1.87. The van der Waals surface area contributed by atoms with Crippen molar-refractivity contribution in [2.75, 3.05) is 45.2 Å². The lowest BCUT2D eigenvalue weighted by Crippen LogP contribution is -2.64. The fourth-order valence-corrected chi connectivity index (χ4v) is 6.13. The highest BCUT2D eigenvalue weighted by molar-refractivity contribution is 7.89. The lowest BCUT2D eigenvalue weighted by Gasteiger charge is -2.46. The summed E-state index contributed by atoms with van der Waals surface area (Å²) in [6.45, 7) is 1.58. The van der Waals surface area contributed by atoms with Crippen LogP contribution in [0.2, 0.25) is 0 Å². The first kappa shape index (κ1) is 19.4. The number of benzene rings is 1. The highest BCUT2D eigenvalue weighted by Gasteiger charge is 2.50. The van der Waals surface area contributed by atoms with Gasteiger partial charge in [0.15, 0.2) is 0 Å². The van der Waals surface area contributed by atoms with Crippen molar-refractivity contribution in [2.24, 2.45) is 0 Å². The summed E-state index contributed by atoms with van der Waals surface area (Å²) < 4.78 is 32.9. The van der Waals surface area contributed by atoms with Gasteiger partial charge in [-0.2, -0.15) is 15.6 Å². The first-order chi connectivity index (χ1) is 13.4. The predicted molar refractivity (Wildman–Crippen MR) is 108 cm³/mol. The van der Waals surface area contributed by atoms with E-state index in [1.54, 1.807) is 47.6 Å². The molecule has 1 aromatic carbocycles. The van der Waals surface area contributed by atoms with E-state index < -0.39 is 10.0 Å². The van der Waals surface area contributed by atoms with Crippen LogP contribution in [0.5, 0.6) is 5.75 Å². The fraction of sp³-hybridized carbons (Fsp3) is 0.421. The van der Waals surface area contributed by atoms with Gasteiger partial charge < -0.3 is 9.64 Å². The number of sulfonamides is 1. The number of carbonyl (C=O) groups excluding carboxylic acids is 1. The second-order valence-corrected chi connectivity index (χ2v) is 10.0. The summed E-state index contributed by atoms with van der Waals surface area (Å²) in [5, 5.41) is 3.90. The van der Waals surface area contributed by atoms with Crippen molar-refractivity contribution in [1.82, 2.24) is 9.21 Å². The molecule has 2 aromatic rings. The third-order valence-corrected chi connectivity index (χ3v) is 8.28. The molecular weight excluding hydrogens is 398 g/mol. The van der Waals surface area contributed by atoms with Gasteiger partial charge in [0.05, 0.1) is 29.8 Å². The second-order valence-electron chi connectivity index (χ2n) is 7.31. The first-order valence-corrected chi connectivity index (χ1v) is 11.4. The van der Waals surface area contributed by atoms with E-state index in [-0.39, 0.29) is 22.9 Å².